The van der Waals surface area contributed by atoms with Gasteiger partial charge in [-0.2, -0.15) is 0 Å². The van der Waals surface area contributed by atoms with Crippen LogP contribution in [0.3, 0.4) is 0 Å². The summed E-state index contributed by atoms with van der Waals surface area (Å²) in [6.45, 7) is -0.370. The highest BCUT2D eigenvalue weighted by Crippen LogP contribution is 2.30. The number of nitrogens with one attached hydrogen (secondary N) is 4. The van der Waals surface area contributed by atoms with E-state index < -0.39 is 73.3 Å². The first-order valence-electron chi connectivity index (χ1n) is 12.6. The monoisotopic (exact) mass is 594 g/mol. The Kier molecular flexibility index (Phi) is 13.1. The molecule has 0 fully saturated rings. The number of aliphatic hydroxyl groups is 2. The Morgan fingerprint density at radius 1 is 0.571 bits per heavy atom. The van der Waals surface area contributed by atoms with E-state index in [0.717, 1.165) is 0 Å². The first-order chi connectivity index (χ1) is 19.8. The lowest BCUT2D eigenvalue weighted by Crippen LogP contribution is -2.56. The normalized spacial score (nSPS) is 15.6. The zero-order chi connectivity index (χ0) is 31.4. The zero-order valence-corrected chi connectivity index (χ0v) is 22.1. The van der Waals surface area contributed by atoms with Crippen molar-refractivity contribution in [2.75, 3.05) is 13.1 Å². The topological polar surface area (TPSA) is 278 Å². The molecule has 6 unspecified atom stereocenters. The summed E-state index contributed by atoms with van der Waals surface area (Å²) in [6, 6.07) is 11.2. The van der Waals surface area contributed by atoms with Crippen molar-refractivity contribution in [3.05, 3.63) is 59.7 Å². The lowest BCUT2D eigenvalue weighted by atomic mass is 9.94. The maximum Gasteiger partial charge on any atom is 0.335 e. The second-order valence-electron chi connectivity index (χ2n) is 9.19. The largest absolute Gasteiger partial charge is 0.508 e. The molecule has 12 N–H and O–H groups in total. The van der Waals surface area contributed by atoms with Gasteiger partial charge in [-0.3, -0.25) is 30.9 Å². The minimum absolute atomic E-state index is 0.0273. The van der Waals surface area contributed by atoms with Gasteiger partial charge in [-0.1, -0.05) is 36.4 Å². The number of benzene rings is 2. The predicted octanol–water partition coefficient (Wildman–Crippen LogP) is -1.27. The maximum absolute atomic E-state index is 11.7. The smallest absolute Gasteiger partial charge is 0.335 e. The number of carboxylic acid groups (broad SMARTS) is 4. The van der Waals surface area contributed by atoms with Crippen molar-refractivity contribution in [2.24, 2.45) is 0 Å². The summed E-state index contributed by atoms with van der Waals surface area (Å²) in [4.78, 5) is 46.7. The average molecular weight is 595 g/mol. The van der Waals surface area contributed by atoms with Gasteiger partial charge in [-0.15, -0.1) is 0 Å². The van der Waals surface area contributed by atoms with Gasteiger partial charge in [0.15, 0.2) is 12.3 Å². The van der Waals surface area contributed by atoms with Gasteiger partial charge in [-0.05, 0) is 12.1 Å². The lowest BCUT2D eigenvalue weighted by molar-refractivity contribution is -0.143. The Balaban J connectivity index is 1.91. The summed E-state index contributed by atoms with van der Waals surface area (Å²) in [5.41, 5.74) is 0.0547. The molecular formula is C26H34N4O12. The summed E-state index contributed by atoms with van der Waals surface area (Å²) >= 11 is 0. The molecule has 0 saturated heterocycles. The molecule has 2 aromatic rings. The number of aliphatic hydroxyl groups excluding tert-OH is 2. The number of aromatic hydroxyl groups is 2. The standard InChI is InChI=1S/C26H34N4O12/c31-17-7-3-1-5-13(17)15(23(35)36)11-19(33)29-21(25(39)40)27-9-10-28-22(26(41)42)30-20(34)12-16(24(37)38)14-6-2-4-8-18(14)32/h1-8,15-16,19-22,27-34H,9-12H2,(H,35,36)(H,37,38)(H,39,40)(H,41,42). The summed E-state index contributed by atoms with van der Waals surface area (Å²) in [7, 11) is 0. The van der Waals surface area contributed by atoms with Crippen molar-refractivity contribution >= 4 is 23.9 Å². The Labute approximate surface area is 239 Å². The summed E-state index contributed by atoms with van der Waals surface area (Å²) in [5, 5.41) is 88.1. The Bertz CT molecular complexity index is 1140. The molecule has 0 aromatic heterocycles. The molecule has 0 amide bonds. The molecule has 16 nitrogen and oxygen atoms in total. The molecule has 42 heavy (non-hydrogen) atoms. The van der Waals surface area contributed by atoms with Crippen molar-refractivity contribution in [3.63, 3.8) is 0 Å². The molecule has 2 aromatic carbocycles. The van der Waals surface area contributed by atoms with E-state index in [2.05, 4.69) is 21.3 Å². The molecule has 0 aliphatic carbocycles. The van der Waals surface area contributed by atoms with Gasteiger partial charge in [0, 0.05) is 37.1 Å². The number of hydrogen-bond donors (Lipinski definition) is 12. The predicted molar refractivity (Wildman–Crippen MR) is 143 cm³/mol. The number of para-hydroxylation sites is 2. The molecule has 0 aliphatic rings. The van der Waals surface area contributed by atoms with Crippen LogP contribution in [-0.4, -0.2) is 103 Å². The van der Waals surface area contributed by atoms with Crippen molar-refractivity contribution < 1.29 is 60.0 Å². The van der Waals surface area contributed by atoms with Gasteiger partial charge >= 0.3 is 23.9 Å². The maximum atomic E-state index is 11.7. The van der Waals surface area contributed by atoms with Crippen molar-refractivity contribution in [3.8, 4) is 11.5 Å². The second-order valence-corrected chi connectivity index (χ2v) is 9.19. The number of carboxylic acids is 4. The minimum Gasteiger partial charge on any atom is -0.508 e. The van der Waals surface area contributed by atoms with Crippen molar-refractivity contribution in [2.45, 2.75) is 49.5 Å². The molecular weight excluding hydrogens is 560 g/mol. The van der Waals surface area contributed by atoms with E-state index in [0.29, 0.717) is 0 Å². The van der Waals surface area contributed by atoms with E-state index in [1.54, 1.807) is 0 Å². The fraction of sp³-hybridized carbons (Fsp3) is 0.385. The second kappa shape index (κ2) is 16.2. The number of phenols is 2. The van der Waals surface area contributed by atoms with Gasteiger partial charge in [0.2, 0.25) is 0 Å². The van der Waals surface area contributed by atoms with Gasteiger partial charge in [-0.25, -0.2) is 9.59 Å². The minimum atomic E-state index is -1.64. The molecule has 230 valence electrons. The fourth-order valence-corrected chi connectivity index (χ4v) is 4.12. The lowest BCUT2D eigenvalue weighted by Gasteiger charge is -2.25. The molecule has 2 rings (SSSR count). The van der Waals surface area contributed by atoms with Crippen LogP contribution in [0.25, 0.3) is 0 Å². The summed E-state index contributed by atoms with van der Waals surface area (Å²) < 4.78 is 0. The highest BCUT2D eigenvalue weighted by Gasteiger charge is 2.30. The number of aliphatic carboxylic acids is 4. The van der Waals surface area contributed by atoms with Crippen molar-refractivity contribution in [1.29, 1.82) is 0 Å². The van der Waals surface area contributed by atoms with Crippen LogP contribution >= 0.6 is 0 Å². The van der Waals surface area contributed by atoms with Crippen LogP contribution in [0.2, 0.25) is 0 Å². The van der Waals surface area contributed by atoms with Crippen molar-refractivity contribution in [1.82, 2.24) is 21.3 Å². The Hall–Kier alpha value is -4.32. The molecule has 0 heterocycles. The van der Waals surface area contributed by atoms with Gasteiger partial charge < -0.3 is 40.9 Å². The quantitative estimate of drug-likeness (QED) is 0.0667. The van der Waals surface area contributed by atoms with Crippen LogP contribution in [0, 0.1) is 0 Å². The van der Waals surface area contributed by atoms with Gasteiger partial charge in [0.25, 0.3) is 0 Å². The number of phenolic OH excluding ortho intramolecular Hbond substituents is 2. The van der Waals surface area contributed by atoms with E-state index in [1.807, 2.05) is 0 Å². The van der Waals surface area contributed by atoms with Gasteiger partial charge in [0.1, 0.15) is 24.0 Å². The van der Waals surface area contributed by atoms with E-state index in [-0.39, 0.29) is 35.7 Å². The first kappa shape index (κ1) is 33.9. The third-order valence-electron chi connectivity index (χ3n) is 6.17. The van der Waals surface area contributed by atoms with E-state index in [9.17, 15) is 60.0 Å². The average Bonchev–Trinajstić information content (AvgIpc) is 2.91. The summed E-state index contributed by atoms with van der Waals surface area (Å²) in [6.07, 6.45) is -7.42. The van der Waals surface area contributed by atoms with Crippen LogP contribution in [0.1, 0.15) is 35.8 Å². The van der Waals surface area contributed by atoms with Crippen LogP contribution in [0.5, 0.6) is 11.5 Å². The number of rotatable bonds is 19. The molecule has 16 heteroatoms. The molecule has 0 aliphatic heterocycles. The summed E-state index contributed by atoms with van der Waals surface area (Å²) in [5.74, 6) is -8.96. The number of hydrogen-bond acceptors (Lipinski definition) is 12. The van der Waals surface area contributed by atoms with E-state index >= 15 is 0 Å². The van der Waals surface area contributed by atoms with Crippen LogP contribution in [0.4, 0.5) is 0 Å². The molecule has 0 spiro atoms. The van der Waals surface area contributed by atoms with Crippen LogP contribution < -0.4 is 21.3 Å². The fourth-order valence-electron chi connectivity index (χ4n) is 4.12. The molecule has 6 atom stereocenters. The molecule has 0 saturated carbocycles. The molecule has 0 bridgehead atoms. The third-order valence-corrected chi connectivity index (χ3v) is 6.17. The Morgan fingerprint density at radius 3 is 1.19 bits per heavy atom. The third kappa shape index (κ3) is 10.3. The zero-order valence-electron chi connectivity index (χ0n) is 22.1. The van der Waals surface area contributed by atoms with Gasteiger partial charge in [0.05, 0.1) is 11.8 Å². The SMILES string of the molecule is O=C(O)C(NCCNC(NC(O)CC(C(=O)O)c1ccccc1O)C(=O)O)NC(O)CC(C(=O)O)c1ccccc1O. The number of carbonyl (C=O) groups is 4. The highest BCUT2D eigenvalue weighted by molar-refractivity contribution is 5.78. The van der Waals surface area contributed by atoms with Crippen LogP contribution in [-0.2, 0) is 19.2 Å². The van der Waals surface area contributed by atoms with E-state index in [1.165, 1.54) is 48.5 Å². The first-order valence-corrected chi connectivity index (χ1v) is 12.6. The molecule has 0 radical (unpaired) electrons. The van der Waals surface area contributed by atoms with Crippen LogP contribution in [0.15, 0.2) is 48.5 Å². The Morgan fingerprint density at radius 2 is 0.905 bits per heavy atom. The highest BCUT2D eigenvalue weighted by atomic mass is 16.4. The van der Waals surface area contributed by atoms with E-state index in [4.69, 9.17) is 0 Å².